The fourth-order valence-corrected chi connectivity index (χ4v) is 1.92. The third kappa shape index (κ3) is 3.41. The maximum Gasteiger partial charge on any atom is 0.00912 e. The summed E-state index contributed by atoms with van der Waals surface area (Å²) in [4.78, 5) is 2.15. The molecule has 0 heterocycles. The lowest BCUT2D eigenvalue weighted by Crippen LogP contribution is -2.27. The molecule has 0 fully saturated rings. The fraction of sp³-hybridized carbons (Fsp3) is 0.833. The second-order valence-electron chi connectivity index (χ2n) is 4.54. The molecular formula is C12H25N. The van der Waals surface area contributed by atoms with Crippen LogP contribution in [0.5, 0.6) is 0 Å². The Labute approximate surface area is 83.8 Å². The molecule has 13 heavy (non-hydrogen) atoms. The van der Waals surface area contributed by atoms with E-state index < -0.39 is 0 Å². The molecule has 0 radical (unpaired) electrons. The molecule has 0 aliphatic carbocycles. The van der Waals surface area contributed by atoms with Crippen LogP contribution in [-0.2, 0) is 0 Å². The molecule has 2 unspecified atom stereocenters. The monoisotopic (exact) mass is 183 g/mol. The van der Waals surface area contributed by atoms with Gasteiger partial charge in [-0.2, -0.15) is 0 Å². The van der Waals surface area contributed by atoms with E-state index in [0.29, 0.717) is 11.8 Å². The summed E-state index contributed by atoms with van der Waals surface area (Å²) in [7, 11) is 4.17. The van der Waals surface area contributed by atoms with Gasteiger partial charge in [0, 0.05) is 25.7 Å². The van der Waals surface area contributed by atoms with Gasteiger partial charge in [0.25, 0.3) is 0 Å². The van der Waals surface area contributed by atoms with Crippen molar-refractivity contribution in [3.05, 3.63) is 12.3 Å². The maximum atomic E-state index is 4.17. The number of hydrogen-bond acceptors (Lipinski definition) is 1. The molecule has 0 bridgehead atoms. The van der Waals surface area contributed by atoms with Crippen molar-refractivity contribution in [3.63, 3.8) is 0 Å². The molecule has 0 spiro atoms. The topological polar surface area (TPSA) is 3.24 Å². The van der Waals surface area contributed by atoms with Crippen LogP contribution in [0.15, 0.2) is 12.3 Å². The van der Waals surface area contributed by atoms with Gasteiger partial charge in [0.1, 0.15) is 0 Å². The molecule has 0 aromatic heterocycles. The number of allylic oxidation sites excluding steroid dienone is 1. The summed E-state index contributed by atoms with van der Waals surface area (Å²) in [6.45, 7) is 13.3. The quantitative estimate of drug-likeness (QED) is 0.631. The van der Waals surface area contributed by atoms with Gasteiger partial charge in [-0.3, -0.25) is 0 Å². The molecule has 0 amide bonds. The van der Waals surface area contributed by atoms with Crippen LogP contribution in [0.1, 0.15) is 34.1 Å². The van der Waals surface area contributed by atoms with Gasteiger partial charge in [-0.15, -0.1) is 0 Å². The minimum Gasteiger partial charge on any atom is -0.381 e. The van der Waals surface area contributed by atoms with Crippen molar-refractivity contribution in [2.45, 2.75) is 34.1 Å². The second kappa shape index (κ2) is 5.31. The van der Waals surface area contributed by atoms with Crippen LogP contribution in [0.4, 0.5) is 0 Å². The fourth-order valence-electron chi connectivity index (χ4n) is 1.92. The van der Waals surface area contributed by atoms with E-state index in [1.165, 1.54) is 12.1 Å². The predicted molar refractivity (Wildman–Crippen MR) is 60.6 cm³/mol. The molecule has 0 aromatic carbocycles. The largest absolute Gasteiger partial charge is 0.381 e. The Kier molecular flexibility index (Phi) is 5.12. The Bertz CT molecular complexity index is 159. The van der Waals surface area contributed by atoms with Gasteiger partial charge in [0.2, 0.25) is 0 Å². The minimum absolute atomic E-state index is 0.625. The third-order valence-electron chi connectivity index (χ3n) is 2.93. The zero-order chi connectivity index (χ0) is 10.6. The van der Waals surface area contributed by atoms with Crippen LogP contribution in [0.25, 0.3) is 0 Å². The second-order valence-corrected chi connectivity index (χ2v) is 4.54. The summed E-state index contributed by atoms with van der Waals surface area (Å²) < 4.78 is 0. The first-order valence-electron chi connectivity index (χ1n) is 5.27. The van der Waals surface area contributed by atoms with E-state index in [1.807, 2.05) is 0 Å². The summed E-state index contributed by atoms with van der Waals surface area (Å²) in [5.74, 6) is 2.04. The first kappa shape index (κ1) is 12.5. The van der Waals surface area contributed by atoms with Gasteiger partial charge in [-0.1, -0.05) is 40.7 Å². The van der Waals surface area contributed by atoms with E-state index in [0.717, 1.165) is 5.92 Å². The lowest BCUT2D eigenvalue weighted by molar-refractivity contribution is 0.258. The van der Waals surface area contributed by atoms with Gasteiger partial charge < -0.3 is 4.90 Å². The van der Waals surface area contributed by atoms with Gasteiger partial charge >= 0.3 is 0 Å². The number of nitrogens with zero attached hydrogens (tertiary/aromatic N) is 1. The smallest absolute Gasteiger partial charge is 0.00912 e. The third-order valence-corrected chi connectivity index (χ3v) is 2.93. The lowest BCUT2D eigenvalue weighted by atomic mass is 9.80. The molecule has 0 saturated heterocycles. The average molecular weight is 183 g/mol. The van der Waals surface area contributed by atoms with Crippen molar-refractivity contribution in [2.75, 3.05) is 14.1 Å². The highest BCUT2D eigenvalue weighted by molar-refractivity contribution is 5.01. The van der Waals surface area contributed by atoms with Crippen molar-refractivity contribution >= 4 is 0 Å². The van der Waals surface area contributed by atoms with Gasteiger partial charge in [-0.25, -0.2) is 0 Å². The van der Waals surface area contributed by atoms with Crippen LogP contribution in [0, 0.1) is 17.8 Å². The molecule has 0 aromatic rings. The number of hydrogen-bond donors (Lipinski definition) is 0. The molecule has 0 N–H and O–H groups in total. The zero-order valence-corrected chi connectivity index (χ0v) is 10.1. The molecule has 78 valence electrons. The first-order valence-corrected chi connectivity index (χ1v) is 5.27. The molecule has 1 nitrogen and oxygen atoms in total. The lowest BCUT2D eigenvalue weighted by Gasteiger charge is -2.32. The molecular weight excluding hydrogens is 158 g/mol. The highest BCUT2D eigenvalue weighted by Gasteiger charge is 2.23. The SMILES string of the molecule is C=C(C(C(C)C)C(C)CC)N(C)C. The summed E-state index contributed by atoms with van der Waals surface area (Å²) in [5.41, 5.74) is 1.27. The van der Waals surface area contributed by atoms with Crippen molar-refractivity contribution in [1.29, 1.82) is 0 Å². The normalized spacial score (nSPS) is 15.6. The molecule has 0 rings (SSSR count). The van der Waals surface area contributed by atoms with E-state index in [1.54, 1.807) is 0 Å². The Balaban J connectivity index is 4.51. The van der Waals surface area contributed by atoms with Crippen LogP contribution in [0.3, 0.4) is 0 Å². The van der Waals surface area contributed by atoms with Crippen molar-refractivity contribution in [2.24, 2.45) is 17.8 Å². The van der Waals surface area contributed by atoms with Gasteiger partial charge in [-0.05, 0) is 11.8 Å². The Hall–Kier alpha value is -0.460. The number of rotatable bonds is 5. The highest BCUT2D eigenvalue weighted by atomic mass is 15.1. The predicted octanol–water partition coefficient (Wildman–Crippen LogP) is 3.38. The van der Waals surface area contributed by atoms with Crippen LogP contribution < -0.4 is 0 Å². The standard InChI is InChI=1S/C12H25N/c1-8-10(4)12(9(2)3)11(5)13(6)7/h9-10,12H,5,8H2,1-4,6-7H3. The van der Waals surface area contributed by atoms with E-state index in [2.05, 4.69) is 53.3 Å². The van der Waals surface area contributed by atoms with Crippen molar-refractivity contribution in [3.8, 4) is 0 Å². The van der Waals surface area contributed by atoms with Crippen LogP contribution in [0.2, 0.25) is 0 Å². The van der Waals surface area contributed by atoms with Crippen molar-refractivity contribution < 1.29 is 0 Å². The maximum absolute atomic E-state index is 4.17. The Morgan fingerprint density at radius 2 is 1.69 bits per heavy atom. The van der Waals surface area contributed by atoms with Gasteiger partial charge in [0.15, 0.2) is 0 Å². The minimum atomic E-state index is 0.625. The summed E-state index contributed by atoms with van der Waals surface area (Å²) in [6.07, 6.45) is 1.23. The summed E-state index contributed by atoms with van der Waals surface area (Å²) in [6, 6.07) is 0. The van der Waals surface area contributed by atoms with E-state index >= 15 is 0 Å². The average Bonchev–Trinajstić information content (AvgIpc) is 2.03. The van der Waals surface area contributed by atoms with Crippen LogP contribution >= 0.6 is 0 Å². The van der Waals surface area contributed by atoms with Gasteiger partial charge in [0.05, 0.1) is 0 Å². The molecule has 1 heteroatoms. The zero-order valence-electron chi connectivity index (χ0n) is 10.1. The first-order chi connectivity index (χ1) is 5.91. The Morgan fingerprint density at radius 1 is 1.23 bits per heavy atom. The summed E-state index contributed by atoms with van der Waals surface area (Å²) >= 11 is 0. The molecule has 0 saturated carbocycles. The van der Waals surface area contributed by atoms with Crippen molar-refractivity contribution in [1.82, 2.24) is 4.90 Å². The Morgan fingerprint density at radius 3 is 1.92 bits per heavy atom. The highest BCUT2D eigenvalue weighted by Crippen LogP contribution is 2.30. The van der Waals surface area contributed by atoms with E-state index in [9.17, 15) is 0 Å². The molecule has 0 aliphatic rings. The summed E-state index contributed by atoms with van der Waals surface area (Å²) in [5, 5.41) is 0. The van der Waals surface area contributed by atoms with E-state index in [-0.39, 0.29) is 0 Å². The molecule has 0 aliphatic heterocycles. The van der Waals surface area contributed by atoms with E-state index in [4.69, 9.17) is 0 Å². The molecule has 2 atom stereocenters. The van der Waals surface area contributed by atoms with Crippen LogP contribution in [-0.4, -0.2) is 19.0 Å².